The molecule has 4 rings (SSSR count). The van der Waals surface area contributed by atoms with Gasteiger partial charge in [0, 0.05) is 22.5 Å². The molecule has 0 saturated heterocycles. The Morgan fingerprint density at radius 2 is 1.65 bits per heavy atom. The van der Waals surface area contributed by atoms with Gasteiger partial charge in [0.25, 0.3) is 0 Å². The molecule has 2 heterocycles. The van der Waals surface area contributed by atoms with Crippen molar-refractivity contribution in [3.63, 3.8) is 0 Å². The van der Waals surface area contributed by atoms with Gasteiger partial charge in [-0.2, -0.15) is 26.3 Å². The molecule has 2 aromatic heterocycles. The molecule has 0 aliphatic carbocycles. The third kappa shape index (κ3) is 7.19. The quantitative estimate of drug-likeness (QED) is 0.205. The van der Waals surface area contributed by atoms with Gasteiger partial charge in [-0.1, -0.05) is 23.2 Å². The van der Waals surface area contributed by atoms with E-state index in [9.17, 15) is 41.0 Å². The van der Waals surface area contributed by atoms with E-state index in [0.29, 0.717) is 15.3 Å². The lowest BCUT2D eigenvalue weighted by atomic mass is 10.1. The number of ether oxygens (including phenoxy) is 1. The van der Waals surface area contributed by atoms with Crippen LogP contribution in [-0.4, -0.2) is 52.5 Å². The van der Waals surface area contributed by atoms with E-state index in [1.807, 2.05) is 0 Å². The van der Waals surface area contributed by atoms with Crippen LogP contribution in [0.15, 0.2) is 47.3 Å². The lowest BCUT2D eigenvalue weighted by Gasteiger charge is -2.17. The Hall–Kier alpha value is -3.89. The zero-order valence-corrected chi connectivity index (χ0v) is 23.5. The first kappa shape index (κ1) is 32.0. The van der Waals surface area contributed by atoms with E-state index in [2.05, 4.69) is 15.2 Å². The average Bonchev–Trinajstić information content (AvgIpc) is 3.45. The standard InChI is InChI=1S/C25H20Cl2F6N6O4/c1-12(43-13(2)40)21-34-20(35-39(21)18-8-7-16(27)9-17(18)24(28,29)30)11-38-23(42)37(10-19(41)25(31,32)33)22(36-38)14-3-5-15(26)6-4-14/h3-9,12,19,41H,10-11H2,1-2H3/t12-,19-/m0/s1. The largest absolute Gasteiger partial charge is 0.455 e. The molecule has 43 heavy (non-hydrogen) atoms. The van der Waals surface area contributed by atoms with Crippen molar-refractivity contribution in [1.29, 1.82) is 0 Å². The van der Waals surface area contributed by atoms with Gasteiger partial charge in [-0.25, -0.2) is 19.1 Å². The molecule has 2 atom stereocenters. The minimum absolute atomic E-state index is 0.174. The zero-order valence-electron chi connectivity index (χ0n) is 22.0. The second kappa shape index (κ2) is 12.0. The molecule has 0 unspecified atom stereocenters. The minimum atomic E-state index is -5.06. The minimum Gasteiger partial charge on any atom is -0.455 e. The average molecular weight is 653 g/mol. The Morgan fingerprint density at radius 3 is 2.23 bits per heavy atom. The van der Waals surface area contributed by atoms with E-state index in [1.54, 1.807) is 0 Å². The van der Waals surface area contributed by atoms with Crippen molar-refractivity contribution in [2.75, 3.05) is 0 Å². The highest BCUT2D eigenvalue weighted by atomic mass is 35.5. The van der Waals surface area contributed by atoms with Crippen LogP contribution in [0, 0.1) is 0 Å². The molecule has 0 aliphatic rings. The molecule has 18 heteroatoms. The normalized spacial score (nSPS) is 13.7. The maximum absolute atomic E-state index is 13.9. The molecule has 0 saturated carbocycles. The Labute approximate surface area is 248 Å². The molecular formula is C25H20Cl2F6N6O4. The van der Waals surface area contributed by atoms with Crippen LogP contribution in [0.4, 0.5) is 26.3 Å². The molecular weight excluding hydrogens is 633 g/mol. The molecule has 10 nitrogen and oxygen atoms in total. The molecule has 0 bridgehead atoms. The van der Waals surface area contributed by atoms with Gasteiger partial charge in [-0.3, -0.25) is 9.36 Å². The number of nitrogens with zero attached hydrogens (tertiary/aromatic N) is 6. The fourth-order valence-electron chi connectivity index (χ4n) is 4.03. The summed E-state index contributed by atoms with van der Waals surface area (Å²) in [6.45, 7) is 0.557. The summed E-state index contributed by atoms with van der Waals surface area (Å²) in [4.78, 5) is 29.0. The number of halogens is 8. The first-order chi connectivity index (χ1) is 20.0. The fraction of sp³-hybridized carbons (Fsp3) is 0.320. The number of hydrogen-bond donors (Lipinski definition) is 1. The lowest BCUT2D eigenvalue weighted by molar-refractivity contribution is -0.207. The van der Waals surface area contributed by atoms with Gasteiger partial charge >= 0.3 is 24.0 Å². The third-order valence-electron chi connectivity index (χ3n) is 5.92. The highest BCUT2D eigenvalue weighted by Gasteiger charge is 2.40. The van der Waals surface area contributed by atoms with E-state index < -0.39 is 60.6 Å². The third-order valence-corrected chi connectivity index (χ3v) is 6.41. The van der Waals surface area contributed by atoms with Crippen molar-refractivity contribution >= 4 is 29.2 Å². The van der Waals surface area contributed by atoms with Crippen LogP contribution in [0.5, 0.6) is 0 Å². The van der Waals surface area contributed by atoms with Crippen LogP contribution in [0.3, 0.4) is 0 Å². The van der Waals surface area contributed by atoms with Gasteiger partial charge in [0.05, 0.1) is 17.8 Å². The van der Waals surface area contributed by atoms with Crippen molar-refractivity contribution in [2.24, 2.45) is 0 Å². The SMILES string of the molecule is CC(=O)O[C@@H](C)c1nc(Cn2nc(-c3ccc(Cl)cc3)n(C[C@H](O)C(F)(F)F)c2=O)nn1-c1ccc(Cl)cc1C(F)(F)F. The predicted octanol–water partition coefficient (Wildman–Crippen LogP) is 5.21. The van der Waals surface area contributed by atoms with Crippen LogP contribution in [-0.2, 0) is 28.8 Å². The monoisotopic (exact) mass is 652 g/mol. The maximum Gasteiger partial charge on any atom is 0.418 e. The summed E-state index contributed by atoms with van der Waals surface area (Å²) in [5, 5.41) is 17.9. The van der Waals surface area contributed by atoms with E-state index >= 15 is 0 Å². The summed E-state index contributed by atoms with van der Waals surface area (Å²) < 4.78 is 88.4. The molecule has 4 aromatic rings. The Balaban J connectivity index is 1.85. The van der Waals surface area contributed by atoms with Crippen molar-refractivity contribution < 1.29 is 41.0 Å². The summed E-state index contributed by atoms with van der Waals surface area (Å²) in [5.74, 6) is -1.62. The zero-order chi connectivity index (χ0) is 31.9. The topological polar surface area (TPSA) is 117 Å². The first-order valence-corrected chi connectivity index (χ1v) is 12.9. The molecule has 0 radical (unpaired) electrons. The van der Waals surface area contributed by atoms with Crippen molar-refractivity contribution in [3.8, 4) is 17.1 Å². The van der Waals surface area contributed by atoms with E-state index in [1.165, 1.54) is 37.3 Å². The van der Waals surface area contributed by atoms with Gasteiger partial charge in [0.2, 0.25) is 0 Å². The maximum atomic E-state index is 13.9. The van der Waals surface area contributed by atoms with E-state index in [4.69, 9.17) is 27.9 Å². The number of aromatic nitrogens is 6. The number of hydrogen-bond acceptors (Lipinski definition) is 7. The number of esters is 1. The molecule has 0 fully saturated rings. The molecule has 0 aliphatic heterocycles. The fourth-order valence-corrected chi connectivity index (χ4v) is 4.33. The highest BCUT2D eigenvalue weighted by Crippen LogP contribution is 2.36. The van der Waals surface area contributed by atoms with E-state index in [0.717, 1.165) is 17.7 Å². The summed E-state index contributed by atoms with van der Waals surface area (Å²) in [7, 11) is 0. The number of rotatable bonds is 8. The lowest BCUT2D eigenvalue weighted by Crippen LogP contribution is -2.37. The smallest absolute Gasteiger partial charge is 0.418 e. The van der Waals surface area contributed by atoms with Crippen LogP contribution >= 0.6 is 23.2 Å². The number of benzene rings is 2. The first-order valence-electron chi connectivity index (χ1n) is 12.1. The number of carbonyl (C=O) groups is 1. The summed E-state index contributed by atoms with van der Waals surface area (Å²) in [6.07, 6.45) is -14.1. The van der Waals surface area contributed by atoms with Crippen LogP contribution in [0.25, 0.3) is 17.1 Å². The molecule has 2 aromatic carbocycles. The van der Waals surface area contributed by atoms with Gasteiger partial charge in [0.1, 0.15) is 6.54 Å². The van der Waals surface area contributed by atoms with Crippen molar-refractivity contribution in [3.05, 3.63) is 80.2 Å². The van der Waals surface area contributed by atoms with Gasteiger partial charge in [0.15, 0.2) is 29.7 Å². The number of alkyl halides is 6. The van der Waals surface area contributed by atoms with Crippen LogP contribution in [0.1, 0.15) is 37.2 Å². The predicted molar refractivity (Wildman–Crippen MR) is 140 cm³/mol. The van der Waals surface area contributed by atoms with Gasteiger partial charge in [-0.05, 0) is 49.4 Å². The van der Waals surface area contributed by atoms with Gasteiger partial charge in [-0.15, -0.1) is 10.2 Å². The Kier molecular flexibility index (Phi) is 8.95. The molecule has 1 N–H and O–H groups in total. The summed E-state index contributed by atoms with van der Waals surface area (Å²) in [6, 6.07) is 8.43. The molecule has 230 valence electrons. The van der Waals surface area contributed by atoms with Gasteiger partial charge < -0.3 is 9.84 Å². The summed E-state index contributed by atoms with van der Waals surface area (Å²) in [5.41, 5.74) is -2.66. The van der Waals surface area contributed by atoms with Crippen molar-refractivity contribution in [1.82, 2.24) is 29.1 Å². The van der Waals surface area contributed by atoms with E-state index in [-0.39, 0.29) is 33.1 Å². The molecule has 0 amide bonds. The van der Waals surface area contributed by atoms with Crippen LogP contribution < -0.4 is 5.69 Å². The number of aliphatic hydroxyl groups excluding tert-OH is 1. The van der Waals surface area contributed by atoms with Crippen LogP contribution in [0.2, 0.25) is 10.0 Å². The second-order valence-corrected chi connectivity index (χ2v) is 10.0. The Bertz CT molecular complexity index is 1700. The van der Waals surface area contributed by atoms with Crippen molar-refractivity contribution in [2.45, 2.75) is 51.5 Å². The Morgan fingerprint density at radius 1 is 1.02 bits per heavy atom. The second-order valence-electron chi connectivity index (χ2n) is 9.15. The molecule has 0 spiro atoms. The number of aliphatic hydroxyl groups is 1. The highest BCUT2D eigenvalue weighted by molar-refractivity contribution is 6.31. The summed E-state index contributed by atoms with van der Waals surface area (Å²) >= 11 is 11.7. The number of carbonyl (C=O) groups excluding carboxylic acids is 1.